The van der Waals surface area contributed by atoms with E-state index in [-0.39, 0.29) is 23.8 Å². The second kappa shape index (κ2) is 6.82. The van der Waals surface area contributed by atoms with Gasteiger partial charge in [0.05, 0.1) is 4.92 Å². The number of anilines is 1. The van der Waals surface area contributed by atoms with Crippen molar-refractivity contribution in [2.24, 2.45) is 5.92 Å². The third-order valence-electron chi connectivity index (χ3n) is 3.12. The molecule has 10 heteroatoms. The molecule has 0 atom stereocenters. The summed E-state index contributed by atoms with van der Waals surface area (Å²) in [6.07, 6.45) is 0.803. The van der Waals surface area contributed by atoms with Crippen LogP contribution in [0, 0.1) is 29.9 Å². The van der Waals surface area contributed by atoms with Gasteiger partial charge in [0, 0.05) is 6.42 Å². The molecule has 0 aliphatic heterocycles. The van der Waals surface area contributed by atoms with Gasteiger partial charge in [-0.3, -0.25) is 24.9 Å². The van der Waals surface area contributed by atoms with Gasteiger partial charge in [0.2, 0.25) is 11.0 Å². The van der Waals surface area contributed by atoms with Crippen LogP contribution in [0.25, 0.3) is 0 Å². The number of aromatic nitrogens is 4. The summed E-state index contributed by atoms with van der Waals surface area (Å²) in [6.45, 7) is 7.16. The van der Waals surface area contributed by atoms with Crippen molar-refractivity contribution in [2.75, 3.05) is 5.32 Å². The van der Waals surface area contributed by atoms with Gasteiger partial charge in [-0.05, 0) is 19.8 Å². The van der Waals surface area contributed by atoms with Crippen molar-refractivity contribution >= 4 is 28.1 Å². The number of hydrogen-bond acceptors (Lipinski definition) is 7. The van der Waals surface area contributed by atoms with E-state index in [2.05, 4.69) is 34.5 Å². The number of nitrogens with one attached hydrogen (secondary N) is 1. The molecular weight excluding hydrogens is 320 g/mol. The average molecular weight is 338 g/mol. The monoisotopic (exact) mass is 338 g/mol. The number of aryl methyl sites for hydroxylation is 1. The van der Waals surface area contributed by atoms with Crippen molar-refractivity contribution in [2.45, 2.75) is 40.7 Å². The minimum atomic E-state index is -0.491. The van der Waals surface area contributed by atoms with Crippen LogP contribution in [-0.4, -0.2) is 30.8 Å². The summed E-state index contributed by atoms with van der Waals surface area (Å²) in [4.78, 5) is 22.5. The zero-order valence-corrected chi connectivity index (χ0v) is 14.2. The molecule has 0 radical (unpaired) electrons. The second-order valence-electron chi connectivity index (χ2n) is 5.58. The highest BCUT2D eigenvalue weighted by Gasteiger charge is 2.23. The highest BCUT2D eigenvalue weighted by Crippen LogP contribution is 2.22. The first-order valence-corrected chi connectivity index (χ1v) is 7.90. The maximum atomic E-state index is 12.1. The van der Waals surface area contributed by atoms with Crippen LogP contribution in [0.1, 0.15) is 30.2 Å². The summed E-state index contributed by atoms with van der Waals surface area (Å²) < 4.78 is 1.32. The van der Waals surface area contributed by atoms with Crippen LogP contribution in [-0.2, 0) is 17.8 Å². The number of carbonyl (C=O) groups excluding carboxylic acids is 1. The van der Waals surface area contributed by atoms with E-state index in [1.54, 1.807) is 13.8 Å². The molecule has 2 aromatic rings. The van der Waals surface area contributed by atoms with E-state index >= 15 is 0 Å². The molecule has 2 aromatic heterocycles. The minimum Gasteiger partial charge on any atom is -0.299 e. The van der Waals surface area contributed by atoms with Gasteiger partial charge in [0.15, 0.2) is 0 Å². The lowest BCUT2D eigenvalue weighted by molar-refractivity contribution is -0.386. The molecule has 2 rings (SSSR count). The Hall–Kier alpha value is -2.36. The molecule has 0 aromatic carbocycles. The predicted molar refractivity (Wildman–Crippen MR) is 85.4 cm³/mol. The maximum Gasteiger partial charge on any atom is 0.312 e. The van der Waals surface area contributed by atoms with Gasteiger partial charge in [0.25, 0.3) is 0 Å². The summed E-state index contributed by atoms with van der Waals surface area (Å²) in [5, 5.41) is 26.9. The van der Waals surface area contributed by atoms with Gasteiger partial charge in [-0.25, -0.2) is 0 Å². The van der Waals surface area contributed by atoms with Gasteiger partial charge in [-0.1, -0.05) is 25.2 Å². The van der Waals surface area contributed by atoms with E-state index < -0.39 is 4.92 Å². The number of amides is 1. The van der Waals surface area contributed by atoms with E-state index in [0.29, 0.717) is 16.7 Å². The molecule has 0 unspecified atom stereocenters. The highest BCUT2D eigenvalue weighted by molar-refractivity contribution is 7.15. The summed E-state index contributed by atoms with van der Waals surface area (Å²) in [5.41, 5.74) is 0.573. The van der Waals surface area contributed by atoms with E-state index in [1.165, 1.54) is 16.0 Å². The van der Waals surface area contributed by atoms with Crippen molar-refractivity contribution in [1.29, 1.82) is 0 Å². The smallest absolute Gasteiger partial charge is 0.299 e. The van der Waals surface area contributed by atoms with E-state index in [4.69, 9.17) is 0 Å². The van der Waals surface area contributed by atoms with Crippen LogP contribution in [0.4, 0.5) is 10.8 Å². The zero-order valence-electron chi connectivity index (χ0n) is 13.4. The molecule has 2 heterocycles. The van der Waals surface area contributed by atoms with Crippen molar-refractivity contribution in [1.82, 2.24) is 20.0 Å². The summed E-state index contributed by atoms with van der Waals surface area (Å²) in [5.74, 6) is 0.111. The lowest BCUT2D eigenvalue weighted by Gasteiger charge is -2.03. The number of carbonyl (C=O) groups is 1. The molecule has 0 bridgehead atoms. The Kier molecular flexibility index (Phi) is 5.04. The van der Waals surface area contributed by atoms with Crippen molar-refractivity contribution in [3.63, 3.8) is 0 Å². The standard InChI is InChI=1S/C13H18N6O3S/c1-7(2)5-11-15-16-13(23-11)14-10(20)6-18-9(4)12(19(21)22)8(3)17-18/h7H,5-6H2,1-4H3,(H,14,16,20). The van der Waals surface area contributed by atoms with Crippen molar-refractivity contribution < 1.29 is 9.72 Å². The molecule has 9 nitrogen and oxygen atoms in total. The second-order valence-corrected chi connectivity index (χ2v) is 6.64. The van der Waals surface area contributed by atoms with E-state index in [0.717, 1.165) is 11.4 Å². The Bertz CT molecular complexity index is 736. The first-order valence-electron chi connectivity index (χ1n) is 7.08. The number of nitro groups is 1. The van der Waals surface area contributed by atoms with Gasteiger partial charge >= 0.3 is 5.69 Å². The Morgan fingerprint density at radius 2 is 2.09 bits per heavy atom. The number of rotatable bonds is 6. The molecule has 1 amide bonds. The van der Waals surface area contributed by atoms with Gasteiger partial charge in [-0.2, -0.15) is 5.10 Å². The molecule has 23 heavy (non-hydrogen) atoms. The van der Waals surface area contributed by atoms with E-state index in [1.807, 2.05) is 0 Å². The van der Waals surface area contributed by atoms with Crippen LogP contribution in [0.2, 0.25) is 0 Å². The van der Waals surface area contributed by atoms with Gasteiger partial charge in [-0.15, -0.1) is 10.2 Å². The topological polar surface area (TPSA) is 116 Å². The first kappa shape index (κ1) is 17.0. The fraction of sp³-hybridized carbons (Fsp3) is 0.538. The molecule has 0 aliphatic carbocycles. The molecule has 1 N–H and O–H groups in total. The summed E-state index contributed by atoms with van der Waals surface area (Å²) in [7, 11) is 0. The van der Waals surface area contributed by atoms with Gasteiger partial charge in [0.1, 0.15) is 22.9 Å². The van der Waals surface area contributed by atoms with Crippen molar-refractivity contribution in [3.8, 4) is 0 Å². The SMILES string of the molecule is Cc1nn(CC(=O)Nc2nnc(CC(C)C)s2)c(C)c1[N+](=O)[O-]. The summed E-state index contributed by atoms with van der Waals surface area (Å²) >= 11 is 1.33. The fourth-order valence-corrected chi connectivity index (χ4v) is 3.10. The molecule has 0 spiro atoms. The minimum absolute atomic E-state index is 0.0621. The Morgan fingerprint density at radius 3 is 2.65 bits per heavy atom. The van der Waals surface area contributed by atoms with Crippen LogP contribution in [0.15, 0.2) is 0 Å². The fourth-order valence-electron chi connectivity index (χ4n) is 2.14. The summed E-state index contributed by atoms with van der Waals surface area (Å²) in [6, 6.07) is 0. The van der Waals surface area contributed by atoms with Gasteiger partial charge < -0.3 is 0 Å². The Labute approximate surface area is 136 Å². The molecule has 0 fully saturated rings. The largest absolute Gasteiger partial charge is 0.312 e. The number of hydrogen-bond donors (Lipinski definition) is 1. The Morgan fingerprint density at radius 1 is 1.39 bits per heavy atom. The van der Waals surface area contributed by atoms with Crippen LogP contribution in [0.3, 0.4) is 0 Å². The van der Waals surface area contributed by atoms with Crippen LogP contribution >= 0.6 is 11.3 Å². The molecule has 0 saturated carbocycles. The van der Waals surface area contributed by atoms with E-state index in [9.17, 15) is 14.9 Å². The Balaban J connectivity index is 2.04. The normalized spacial score (nSPS) is 11.0. The maximum absolute atomic E-state index is 12.1. The van der Waals surface area contributed by atoms with Crippen LogP contribution < -0.4 is 5.32 Å². The molecule has 0 saturated heterocycles. The predicted octanol–water partition coefficient (Wildman–Crippen LogP) is 2.10. The highest BCUT2D eigenvalue weighted by atomic mass is 32.1. The third kappa shape index (κ3) is 4.09. The first-order chi connectivity index (χ1) is 10.8. The number of nitrogens with zero attached hydrogens (tertiary/aromatic N) is 5. The molecule has 0 aliphatic rings. The zero-order chi connectivity index (χ0) is 17.1. The average Bonchev–Trinajstić information content (AvgIpc) is 2.94. The van der Waals surface area contributed by atoms with Crippen molar-refractivity contribution in [3.05, 3.63) is 26.5 Å². The third-order valence-corrected chi connectivity index (χ3v) is 3.98. The lowest BCUT2D eigenvalue weighted by Crippen LogP contribution is -2.20. The lowest BCUT2D eigenvalue weighted by atomic mass is 10.1. The van der Waals surface area contributed by atoms with Crippen LogP contribution in [0.5, 0.6) is 0 Å². The quantitative estimate of drug-likeness (QED) is 0.637. The molecular formula is C13H18N6O3S. The molecule has 124 valence electrons.